The van der Waals surface area contributed by atoms with E-state index in [1.54, 1.807) is 7.11 Å². The summed E-state index contributed by atoms with van der Waals surface area (Å²) in [6.45, 7) is 8.59. The molecule has 4 saturated carbocycles. The number of hydrogen-bond donors (Lipinski definition) is 2. The molecule has 1 unspecified atom stereocenters. The Morgan fingerprint density at radius 3 is 2.61 bits per heavy atom. The van der Waals surface area contributed by atoms with Gasteiger partial charge in [0.05, 0.1) is 24.9 Å². The van der Waals surface area contributed by atoms with Crippen molar-refractivity contribution >= 4 is 0 Å². The van der Waals surface area contributed by atoms with Gasteiger partial charge in [-0.2, -0.15) is 0 Å². The molecule has 5 heteroatoms. The summed E-state index contributed by atoms with van der Waals surface area (Å²) in [6.07, 6.45) is 10.8. The topological polar surface area (TPSA) is 68.2 Å². The predicted molar refractivity (Wildman–Crippen MR) is 128 cm³/mol. The Labute approximate surface area is 200 Å². The lowest BCUT2D eigenvalue weighted by Crippen LogP contribution is -2.58. The molecule has 0 aromatic heterocycles. The highest BCUT2D eigenvalue weighted by Gasteiger charge is 2.64. The maximum Gasteiger partial charge on any atom is 0.157 e. The highest BCUT2D eigenvalue weighted by atomic mass is 16.7. The lowest BCUT2D eigenvalue weighted by molar-refractivity contribution is -0.224. The first-order valence-electron chi connectivity index (χ1n) is 13.9. The van der Waals surface area contributed by atoms with E-state index in [1.165, 1.54) is 38.5 Å². The number of aliphatic hydroxyl groups excluding tert-OH is 2. The third-order valence-corrected chi connectivity index (χ3v) is 11.5. The number of aliphatic hydroxyl groups is 2. The van der Waals surface area contributed by atoms with Gasteiger partial charge in [0, 0.05) is 13.7 Å². The third kappa shape index (κ3) is 4.02. The van der Waals surface area contributed by atoms with Crippen LogP contribution in [-0.2, 0) is 14.2 Å². The second-order valence-electron chi connectivity index (χ2n) is 12.8. The minimum Gasteiger partial charge on any atom is -0.393 e. The summed E-state index contributed by atoms with van der Waals surface area (Å²) in [5.41, 5.74) is 0.257. The molecule has 2 N–H and O–H groups in total. The van der Waals surface area contributed by atoms with Gasteiger partial charge in [0.1, 0.15) is 0 Å². The van der Waals surface area contributed by atoms with Crippen LogP contribution >= 0.6 is 0 Å². The average molecular weight is 465 g/mol. The molecule has 12 atom stereocenters. The summed E-state index contributed by atoms with van der Waals surface area (Å²) < 4.78 is 17.8. The zero-order chi connectivity index (χ0) is 23.4. The van der Waals surface area contributed by atoms with Crippen LogP contribution in [0.4, 0.5) is 0 Å². The van der Waals surface area contributed by atoms with Crippen LogP contribution in [0.2, 0.25) is 0 Å². The normalized spacial score (nSPS) is 53.1. The molecule has 5 rings (SSSR count). The first-order valence-corrected chi connectivity index (χ1v) is 13.9. The number of fused-ring (bicyclic) bond motifs is 5. The fourth-order valence-corrected chi connectivity index (χ4v) is 9.65. The Morgan fingerprint density at radius 1 is 1.06 bits per heavy atom. The number of rotatable bonds is 5. The standard InChI is InChI=1S/C28H48O5/c1-17-13-19(33-25-7-5-6-12-32-25)14-18-8-9-20-22(28(17,18)3)10-11-27(2)24(30)15-21(26(20)27)23(29)16-31-4/h17-26,29-30H,5-16H2,1-4H3/t17-,18-,19+,20+,21-,22-,23-,24-,25?,26+,27+,28-/m0/s1. The molecule has 190 valence electrons. The lowest BCUT2D eigenvalue weighted by atomic mass is 9.42. The minimum atomic E-state index is -0.474. The van der Waals surface area contributed by atoms with Crippen molar-refractivity contribution in [3.63, 3.8) is 0 Å². The summed E-state index contributed by atoms with van der Waals surface area (Å²) in [5.74, 6) is 3.14. The van der Waals surface area contributed by atoms with Gasteiger partial charge in [-0.1, -0.05) is 20.8 Å². The molecule has 0 spiro atoms. The van der Waals surface area contributed by atoms with Gasteiger partial charge in [-0.25, -0.2) is 0 Å². The maximum absolute atomic E-state index is 11.1. The maximum atomic E-state index is 11.1. The molecular weight excluding hydrogens is 416 g/mol. The Bertz CT molecular complexity index is 679. The Kier molecular flexibility index (Phi) is 6.94. The van der Waals surface area contributed by atoms with Gasteiger partial charge in [0.2, 0.25) is 0 Å². The lowest BCUT2D eigenvalue weighted by Gasteiger charge is -2.63. The Morgan fingerprint density at radius 2 is 1.88 bits per heavy atom. The number of hydrogen-bond acceptors (Lipinski definition) is 5. The number of methoxy groups -OCH3 is 1. The van der Waals surface area contributed by atoms with Crippen molar-refractivity contribution < 1.29 is 24.4 Å². The number of ether oxygens (including phenoxy) is 3. The summed E-state index contributed by atoms with van der Waals surface area (Å²) in [5, 5.41) is 22.1. The molecule has 1 saturated heterocycles. The van der Waals surface area contributed by atoms with Crippen LogP contribution in [0.15, 0.2) is 0 Å². The highest BCUT2D eigenvalue weighted by molar-refractivity contribution is 5.13. The second-order valence-corrected chi connectivity index (χ2v) is 12.8. The van der Waals surface area contributed by atoms with Gasteiger partial charge in [-0.3, -0.25) is 0 Å². The molecule has 5 aliphatic rings. The van der Waals surface area contributed by atoms with E-state index in [1.807, 2.05) is 0 Å². The SMILES string of the molecule is COC[C@H](O)[C@@H]1C[C@H](O)[C@@]2(C)CC[C@H]3[C@@H](CC[C@H]4C[C@H](OC5CCCCO5)C[C@H](C)[C@@]43C)[C@H]12. The molecular formula is C28H48O5. The summed E-state index contributed by atoms with van der Waals surface area (Å²) in [4.78, 5) is 0. The molecule has 0 aromatic rings. The van der Waals surface area contributed by atoms with Crippen LogP contribution in [0.1, 0.15) is 85.0 Å². The molecule has 5 fully saturated rings. The highest BCUT2D eigenvalue weighted by Crippen LogP contribution is 2.68. The molecule has 5 nitrogen and oxygen atoms in total. The third-order valence-electron chi connectivity index (χ3n) is 11.5. The quantitative estimate of drug-likeness (QED) is 0.573. The van der Waals surface area contributed by atoms with E-state index in [2.05, 4.69) is 20.8 Å². The zero-order valence-electron chi connectivity index (χ0n) is 21.4. The smallest absolute Gasteiger partial charge is 0.157 e. The van der Waals surface area contributed by atoms with Crippen molar-refractivity contribution in [2.75, 3.05) is 20.3 Å². The largest absolute Gasteiger partial charge is 0.393 e. The van der Waals surface area contributed by atoms with Gasteiger partial charge in [0.25, 0.3) is 0 Å². The van der Waals surface area contributed by atoms with Crippen molar-refractivity contribution in [3.8, 4) is 0 Å². The van der Waals surface area contributed by atoms with Crippen molar-refractivity contribution in [1.82, 2.24) is 0 Å². The first-order chi connectivity index (χ1) is 15.8. The van der Waals surface area contributed by atoms with E-state index in [0.29, 0.717) is 47.7 Å². The fraction of sp³-hybridized carbons (Fsp3) is 1.00. The molecule has 1 heterocycles. The van der Waals surface area contributed by atoms with Crippen LogP contribution in [0.3, 0.4) is 0 Å². The molecule has 4 aliphatic carbocycles. The van der Waals surface area contributed by atoms with Gasteiger partial charge in [0.15, 0.2) is 6.29 Å². The molecule has 0 aromatic carbocycles. The Balaban J connectivity index is 1.35. The van der Waals surface area contributed by atoms with Crippen molar-refractivity contribution in [1.29, 1.82) is 0 Å². The Hall–Kier alpha value is -0.200. The van der Waals surface area contributed by atoms with E-state index in [-0.39, 0.29) is 23.7 Å². The van der Waals surface area contributed by atoms with Gasteiger partial charge < -0.3 is 24.4 Å². The van der Waals surface area contributed by atoms with E-state index < -0.39 is 6.10 Å². The predicted octanol–water partition coefficient (Wildman–Crippen LogP) is 4.78. The van der Waals surface area contributed by atoms with E-state index in [4.69, 9.17) is 14.2 Å². The second kappa shape index (κ2) is 9.35. The van der Waals surface area contributed by atoms with Crippen molar-refractivity contribution in [2.24, 2.45) is 46.3 Å². The van der Waals surface area contributed by atoms with Crippen LogP contribution in [0.25, 0.3) is 0 Å². The van der Waals surface area contributed by atoms with E-state index >= 15 is 0 Å². The van der Waals surface area contributed by atoms with Crippen LogP contribution in [0, 0.1) is 46.3 Å². The van der Waals surface area contributed by atoms with Gasteiger partial charge in [-0.05, 0) is 111 Å². The molecule has 0 amide bonds. The van der Waals surface area contributed by atoms with E-state index in [0.717, 1.165) is 32.3 Å². The minimum absolute atomic E-state index is 0.00930. The van der Waals surface area contributed by atoms with Crippen LogP contribution in [-0.4, -0.2) is 55.1 Å². The van der Waals surface area contributed by atoms with E-state index in [9.17, 15) is 10.2 Å². The summed E-state index contributed by atoms with van der Waals surface area (Å²) in [7, 11) is 1.67. The first kappa shape index (κ1) is 24.5. The fourth-order valence-electron chi connectivity index (χ4n) is 9.65. The summed E-state index contributed by atoms with van der Waals surface area (Å²) in [6, 6.07) is 0. The molecule has 33 heavy (non-hydrogen) atoms. The van der Waals surface area contributed by atoms with Crippen LogP contribution < -0.4 is 0 Å². The van der Waals surface area contributed by atoms with Crippen molar-refractivity contribution in [2.45, 2.75) is 110 Å². The average Bonchev–Trinajstić information content (AvgIpc) is 3.07. The zero-order valence-corrected chi connectivity index (χ0v) is 21.4. The molecule has 0 bridgehead atoms. The van der Waals surface area contributed by atoms with Gasteiger partial charge in [-0.15, -0.1) is 0 Å². The van der Waals surface area contributed by atoms with Crippen LogP contribution in [0.5, 0.6) is 0 Å². The summed E-state index contributed by atoms with van der Waals surface area (Å²) >= 11 is 0. The molecule has 0 radical (unpaired) electrons. The molecule has 1 aliphatic heterocycles. The van der Waals surface area contributed by atoms with Gasteiger partial charge >= 0.3 is 0 Å². The van der Waals surface area contributed by atoms with Crippen molar-refractivity contribution in [3.05, 3.63) is 0 Å². The monoisotopic (exact) mass is 464 g/mol.